The summed E-state index contributed by atoms with van der Waals surface area (Å²) in [5.41, 5.74) is 7.55. The van der Waals surface area contributed by atoms with Crippen LogP contribution in [0, 0.1) is 6.92 Å². The minimum Gasteiger partial charge on any atom is -0.491 e. The molecule has 0 saturated carbocycles. The summed E-state index contributed by atoms with van der Waals surface area (Å²) in [6, 6.07) is 10.0. The molecule has 4 heteroatoms. The normalized spacial score (nSPS) is 12.6. The Labute approximate surface area is 119 Å². The molecule has 0 aliphatic rings. The third kappa shape index (κ3) is 3.68. The second-order valence-corrected chi connectivity index (χ2v) is 4.73. The van der Waals surface area contributed by atoms with E-state index in [0.717, 1.165) is 28.8 Å². The van der Waals surface area contributed by atoms with Crippen molar-refractivity contribution in [2.24, 2.45) is 5.73 Å². The van der Waals surface area contributed by atoms with Gasteiger partial charge in [-0.1, -0.05) is 18.2 Å². The van der Waals surface area contributed by atoms with E-state index in [1.807, 2.05) is 38.1 Å². The van der Waals surface area contributed by atoms with Crippen LogP contribution in [0.4, 0.5) is 0 Å². The first-order chi connectivity index (χ1) is 9.74. The summed E-state index contributed by atoms with van der Waals surface area (Å²) in [5, 5.41) is 1.09. The predicted molar refractivity (Wildman–Crippen MR) is 81.1 cm³/mol. The Morgan fingerprint density at radius 1 is 1.25 bits per heavy atom. The molecule has 2 rings (SSSR count). The standard InChI is InChI=1S/C16H22N2O2/c1-3-19-14(11-17)9-10-20-15-6-4-5-13-8-7-12(2)18-16(13)15/h4-8,14H,3,9-11,17H2,1-2H3. The van der Waals surface area contributed by atoms with Crippen LogP contribution >= 0.6 is 0 Å². The summed E-state index contributed by atoms with van der Waals surface area (Å²) in [5.74, 6) is 0.818. The fourth-order valence-electron chi connectivity index (χ4n) is 2.14. The van der Waals surface area contributed by atoms with E-state index >= 15 is 0 Å². The number of benzene rings is 1. The van der Waals surface area contributed by atoms with Crippen molar-refractivity contribution < 1.29 is 9.47 Å². The van der Waals surface area contributed by atoms with Gasteiger partial charge in [0.1, 0.15) is 11.3 Å². The van der Waals surface area contributed by atoms with Crippen LogP contribution in [-0.2, 0) is 4.74 Å². The van der Waals surface area contributed by atoms with Crippen molar-refractivity contribution in [3.05, 3.63) is 36.0 Å². The molecule has 1 unspecified atom stereocenters. The molecule has 1 aromatic carbocycles. The minimum atomic E-state index is 0.0599. The smallest absolute Gasteiger partial charge is 0.145 e. The molecule has 0 spiro atoms. The van der Waals surface area contributed by atoms with E-state index in [4.69, 9.17) is 15.2 Å². The Morgan fingerprint density at radius 2 is 2.10 bits per heavy atom. The van der Waals surface area contributed by atoms with Crippen molar-refractivity contribution in [1.29, 1.82) is 0 Å². The third-order valence-corrected chi connectivity index (χ3v) is 3.19. The van der Waals surface area contributed by atoms with Gasteiger partial charge in [-0.05, 0) is 26.0 Å². The number of hydrogen-bond acceptors (Lipinski definition) is 4. The average Bonchev–Trinajstić information content (AvgIpc) is 2.46. The van der Waals surface area contributed by atoms with E-state index in [9.17, 15) is 0 Å². The SMILES string of the molecule is CCOC(CN)CCOc1cccc2ccc(C)nc12. The van der Waals surface area contributed by atoms with E-state index in [2.05, 4.69) is 11.1 Å². The van der Waals surface area contributed by atoms with E-state index in [1.54, 1.807) is 0 Å². The Morgan fingerprint density at radius 3 is 2.85 bits per heavy atom. The highest BCUT2D eigenvalue weighted by Gasteiger charge is 2.08. The Balaban J connectivity index is 2.04. The number of aromatic nitrogens is 1. The maximum atomic E-state index is 5.85. The monoisotopic (exact) mass is 274 g/mol. The molecule has 0 amide bonds. The summed E-state index contributed by atoms with van der Waals surface area (Å²) >= 11 is 0. The van der Waals surface area contributed by atoms with Gasteiger partial charge < -0.3 is 15.2 Å². The molecule has 2 N–H and O–H groups in total. The van der Waals surface area contributed by atoms with Crippen LogP contribution in [0.2, 0.25) is 0 Å². The highest BCUT2D eigenvalue weighted by molar-refractivity contribution is 5.84. The number of para-hydroxylation sites is 1. The van der Waals surface area contributed by atoms with Gasteiger partial charge in [-0.15, -0.1) is 0 Å². The summed E-state index contributed by atoms with van der Waals surface area (Å²) in [6.45, 7) is 5.73. The average molecular weight is 274 g/mol. The molecule has 2 aromatic rings. The molecule has 20 heavy (non-hydrogen) atoms. The number of fused-ring (bicyclic) bond motifs is 1. The number of nitrogens with zero attached hydrogens (tertiary/aromatic N) is 1. The fraction of sp³-hybridized carbons (Fsp3) is 0.438. The number of aryl methyl sites for hydroxylation is 1. The number of hydrogen-bond donors (Lipinski definition) is 1. The number of rotatable bonds is 7. The Bertz CT molecular complexity index is 557. The van der Waals surface area contributed by atoms with Gasteiger partial charge in [-0.3, -0.25) is 0 Å². The summed E-state index contributed by atoms with van der Waals surface area (Å²) in [4.78, 5) is 4.55. The molecule has 0 bridgehead atoms. The van der Waals surface area contributed by atoms with Gasteiger partial charge in [0.05, 0.1) is 12.7 Å². The molecule has 0 aliphatic heterocycles. The molecular weight excluding hydrogens is 252 g/mol. The van der Waals surface area contributed by atoms with Crippen LogP contribution in [-0.4, -0.2) is 30.8 Å². The second-order valence-electron chi connectivity index (χ2n) is 4.73. The number of ether oxygens (including phenoxy) is 2. The molecule has 1 aromatic heterocycles. The van der Waals surface area contributed by atoms with Crippen molar-refractivity contribution in [2.75, 3.05) is 19.8 Å². The zero-order valence-corrected chi connectivity index (χ0v) is 12.1. The van der Waals surface area contributed by atoms with Crippen LogP contribution in [0.5, 0.6) is 5.75 Å². The predicted octanol–water partition coefficient (Wildman–Crippen LogP) is 2.68. The minimum absolute atomic E-state index is 0.0599. The number of pyridine rings is 1. The topological polar surface area (TPSA) is 57.4 Å². The van der Waals surface area contributed by atoms with E-state index in [1.165, 1.54) is 0 Å². The van der Waals surface area contributed by atoms with Crippen molar-refractivity contribution in [3.63, 3.8) is 0 Å². The zero-order chi connectivity index (χ0) is 14.4. The van der Waals surface area contributed by atoms with Gasteiger partial charge in [-0.2, -0.15) is 0 Å². The molecule has 0 fully saturated rings. The molecule has 108 valence electrons. The van der Waals surface area contributed by atoms with Gasteiger partial charge >= 0.3 is 0 Å². The lowest BCUT2D eigenvalue weighted by atomic mass is 10.2. The lowest BCUT2D eigenvalue weighted by molar-refractivity contribution is 0.0528. The van der Waals surface area contributed by atoms with Crippen molar-refractivity contribution in [1.82, 2.24) is 4.98 Å². The van der Waals surface area contributed by atoms with Crippen molar-refractivity contribution >= 4 is 10.9 Å². The molecule has 0 aliphatic carbocycles. The van der Waals surface area contributed by atoms with Gasteiger partial charge in [0.25, 0.3) is 0 Å². The zero-order valence-electron chi connectivity index (χ0n) is 12.1. The molecule has 0 radical (unpaired) electrons. The van der Waals surface area contributed by atoms with Crippen LogP contribution in [0.25, 0.3) is 10.9 Å². The molecular formula is C16H22N2O2. The molecule has 1 atom stereocenters. The first-order valence-corrected chi connectivity index (χ1v) is 7.05. The van der Waals surface area contributed by atoms with E-state index in [-0.39, 0.29) is 6.10 Å². The largest absolute Gasteiger partial charge is 0.491 e. The first-order valence-electron chi connectivity index (χ1n) is 7.05. The highest BCUT2D eigenvalue weighted by Crippen LogP contribution is 2.24. The second kappa shape index (κ2) is 7.22. The summed E-state index contributed by atoms with van der Waals surface area (Å²) in [6.07, 6.45) is 0.844. The van der Waals surface area contributed by atoms with Crippen LogP contribution < -0.4 is 10.5 Å². The maximum Gasteiger partial charge on any atom is 0.145 e. The van der Waals surface area contributed by atoms with E-state index in [0.29, 0.717) is 19.8 Å². The Kier molecular flexibility index (Phi) is 5.32. The van der Waals surface area contributed by atoms with Crippen LogP contribution in [0.15, 0.2) is 30.3 Å². The van der Waals surface area contributed by atoms with Gasteiger partial charge in [0.2, 0.25) is 0 Å². The summed E-state index contributed by atoms with van der Waals surface area (Å²) in [7, 11) is 0. The first kappa shape index (κ1) is 14.8. The maximum absolute atomic E-state index is 5.85. The highest BCUT2D eigenvalue weighted by atomic mass is 16.5. The molecule has 0 saturated heterocycles. The van der Waals surface area contributed by atoms with Gasteiger partial charge in [0, 0.05) is 30.7 Å². The van der Waals surface area contributed by atoms with Crippen LogP contribution in [0.3, 0.4) is 0 Å². The lowest BCUT2D eigenvalue weighted by Gasteiger charge is -2.15. The van der Waals surface area contributed by atoms with Crippen molar-refractivity contribution in [2.45, 2.75) is 26.4 Å². The molecule has 4 nitrogen and oxygen atoms in total. The third-order valence-electron chi connectivity index (χ3n) is 3.19. The number of nitrogens with two attached hydrogens (primary N) is 1. The van der Waals surface area contributed by atoms with Gasteiger partial charge in [0.15, 0.2) is 0 Å². The summed E-state index contributed by atoms with van der Waals surface area (Å²) < 4.78 is 11.4. The lowest BCUT2D eigenvalue weighted by Crippen LogP contribution is -2.25. The molecule has 1 heterocycles. The fourth-order valence-corrected chi connectivity index (χ4v) is 2.14. The van der Waals surface area contributed by atoms with E-state index < -0.39 is 0 Å². The van der Waals surface area contributed by atoms with Crippen LogP contribution in [0.1, 0.15) is 19.0 Å². The Hall–Kier alpha value is -1.65. The quantitative estimate of drug-likeness (QED) is 0.843. The van der Waals surface area contributed by atoms with Gasteiger partial charge in [-0.25, -0.2) is 4.98 Å². The van der Waals surface area contributed by atoms with Crippen molar-refractivity contribution in [3.8, 4) is 5.75 Å².